The maximum absolute atomic E-state index is 9.42. The monoisotopic (exact) mass is 230 g/mol. The third kappa shape index (κ3) is 2.01. The highest BCUT2D eigenvalue weighted by molar-refractivity contribution is 5.56. The lowest BCUT2D eigenvalue weighted by atomic mass is 10.1. The van der Waals surface area contributed by atoms with Crippen molar-refractivity contribution in [1.82, 2.24) is 20.5 Å². The second-order valence-electron chi connectivity index (χ2n) is 4.28. The van der Waals surface area contributed by atoms with Gasteiger partial charge in [-0.05, 0) is 25.1 Å². The van der Waals surface area contributed by atoms with Crippen LogP contribution in [-0.2, 0) is 0 Å². The number of aromatic amines is 1. The summed E-state index contributed by atoms with van der Waals surface area (Å²) in [6, 6.07) is 6.98. The van der Waals surface area contributed by atoms with Crippen molar-refractivity contribution in [3.63, 3.8) is 0 Å². The van der Waals surface area contributed by atoms with Crippen LogP contribution in [0.2, 0.25) is 0 Å². The van der Waals surface area contributed by atoms with Crippen LogP contribution in [0.15, 0.2) is 24.3 Å². The van der Waals surface area contributed by atoms with Crippen LogP contribution in [0.5, 0.6) is 5.75 Å². The van der Waals surface area contributed by atoms with E-state index in [1.54, 1.807) is 18.2 Å². The SMILES string of the molecule is Oc1cccc(-c2n[nH]c(C3CCNC3)n2)c1. The Morgan fingerprint density at radius 2 is 2.29 bits per heavy atom. The highest BCUT2D eigenvalue weighted by Crippen LogP contribution is 2.23. The smallest absolute Gasteiger partial charge is 0.181 e. The largest absolute Gasteiger partial charge is 0.508 e. The molecule has 2 heterocycles. The van der Waals surface area contributed by atoms with Crippen LogP contribution < -0.4 is 5.32 Å². The van der Waals surface area contributed by atoms with Gasteiger partial charge in [0.25, 0.3) is 0 Å². The fourth-order valence-electron chi connectivity index (χ4n) is 2.12. The second-order valence-corrected chi connectivity index (χ2v) is 4.28. The van der Waals surface area contributed by atoms with Crippen molar-refractivity contribution in [1.29, 1.82) is 0 Å². The van der Waals surface area contributed by atoms with E-state index in [0.717, 1.165) is 30.9 Å². The molecule has 0 amide bonds. The molecule has 1 aliphatic heterocycles. The summed E-state index contributed by atoms with van der Waals surface area (Å²) in [5, 5.41) is 19.9. The minimum absolute atomic E-state index is 0.233. The first-order valence-corrected chi connectivity index (χ1v) is 5.75. The third-order valence-electron chi connectivity index (χ3n) is 3.05. The van der Waals surface area contributed by atoms with Crippen LogP contribution in [0.25, 0.3) is 11.4 Å². The lowest BCUT2D eigenvalue weighted by molar-refractivity contribution is 0.475. The van der Waals surface area contributed by atoms with E-state index >= 15 is 0 Å². The summed E-state index contributed by atoms with van der Waals surface area (Å²) in [5.74, 6) is 2.22. The fraction of sp³-hybridized carbons (Fsp3) is 0.333. The number of nitrogens with zero attached hydrogens (tertiary/aromatic N) is 2. The Morgan fingerprint density at radius 1 is 1.35 bits per heavy atom. The molecule has 0 radical (unpaired) electrons. The zero-order valence-electron chi connectivity index (χ0n) is 9.35. The predicted octanol–water partition coefficient (Wildman–Crippen LogP) is 1.25. The topological polar surface area (TPSA) is 73.8 Å². The van der Waals surface area contributed by atoms with Gasteiger partial charge in [-0.3, -0.25) is 5.10 Å². The molecule has 1 saturated heterocycles. The normalized spacial score (nSPS) is 19.6. The maximum atomic E-state index is 9.42. The Hall–Kier alpha value is -1.88. The fourth-order valence-corrected chi connectivity index (χ4v) is 2.12. The molecule has 1 aromatic carbocycles. The Kier molecular flexibility index (Phi) is 2.53. The number of rotatable bonds is 2. The van der Waals surface area contributed by atoms with E-state index in [1.807, 2.05) is 6.07 Å². The minimum atomic E-state index is 0.233. The molecular weight excluding hydrogens is 216 g/mol. The molecule has 0 bridgehead atoms. The van der Waals surface area contributed by atoms with Crippen LogP contribution in [0.1, 0.15) is 18.2 Å². The number of H-pyrrole nitrogens is 1. The van der Waals surface area contributed by atoms with Crippen molar-refractivity contribution >= 4 is 0 Å². The van der Waals surface area contributed by atoms with Crippen molar-refractivity contribution in [3.8, 4) is 17.1 Å². The quantitative estimate of drug-likeness (QED) is 0.726. The molecular formula is C12H14N4O. The molecule has 3 rings (SSSR count). The highest BCUT2D eigenvalue weighted by Gasteiger charge is 2.20. The van der Waals surface area contributed by atoms with Gasteiger partial charge in [0.05, 0.1) is 0 Å². The molecule has 1 aromatic heterocycles. The van der Waals surface area contributed by atoms with Crippen LogP contribution >= 0.6 is 0 Å². The number of nitrogens with one attached hydrogen (secondary N) is 2. The molecule has 88 valence electrons. The van der Waals surface area contributed by atoms with Gasteiger partial charge >= 0.3 is 0 Å². The molecule has 1 unspecified atom stereocenters. The van der Waals surface area contributed by atoms with E-state index in [9.17, 15) is 5.11 Å². The van der Waals surface area contributed by atoms with E-state index in [4.69, 9.17) is 0 Å². The summed E-state index contributed by atoms with van der Waals surface area (Å²) in [5.41, 5.74) is 0.832. The molecule has 0 saturated carbocycles. The molecule has 0 spiro atoms. The number of aromatic nitrogens is 3. The Bertz CT molecular complexity index is 517. The number of phenols is 1. The lowest BCUT2D eigenvalue weighted by Gasteiger charge is -2.01. The first-order valence-electron chi connectivity index (χ1n) is 5.75. The number of hydrogen-bond donors (Lipinski definition) is 3. The van der Waals surface area contributed by atoms with Gasteiger partial charge < -0.3 is 10.4 Å². The molecule has 2 aromatic rings. The predicted molar refractivity (Wildman–Crippen MR) is 63.7 cm³/mol. The summed E-state index contributed by atoms with van der Waals surface area (Å²) in [6.45, 7) is 1.99. The number of phenolic OH excluding ortho intramolecular Hbond substituents is 1. The van der Waals surface area contributed by atoms with Gasteiger partial charge in [-0.15, -0.1) is 0 Å². The van der Waals surface area contributed by atoms with Gasteiger partial charge in [0.1, 0.15) is 11.6 Å². The van der Waals surface area contributed by atoms with Crippen molar-refractivity contribution in [2.45, 2.75) is 12.3 Å². The maximum Gasteiger partial charge on any atom is 0.181 e. The summed E-state index contributed by atoms with van der Waals surface area (Å²) in [7, 11) is 0. The Labute approximate surface area is 98.9 Å². The molecule has 1 atom stereocenters. The van der Waals surface area contributed by atoms with Crippen LogP contribution in [0.3, 0.4) is 0 Å². The van der Waals surface area contributed by atoms with E-state index < -0.39 is 0 Å². The summed E-state index contributed by atoms with van der Waals surface area (Å²) in [6.07, 6.45) is 1.09. The van der Waals surface area contributed by atoms with Gasteiger partial charge in [-0.25, -0.2) is 4.98 Å². The average molecular weight is 230 g/mol. The summed E-state index contributed by atoms with van der Waals surface area (Å²) >= 11 is 0. The molecule has 5 heteroatoms. The van der Waals surface area contributed by atoms with Crippen LogP contribution in [-0.4, -0.2) is 33.4 Å². The van der Waals surface area contributed by atoms with Crippen molar-refractivity contribution in [3.05, 3.63) is 30.1 Å². The number of hydrogen-bond acceptors (Lipinski definition) is 4. The molecule has 1 aliphatic rings. The Morgan fingerprint density at radius 3 is 3.06 bits per heavy atom. The van der Waals surface area contributed by atoms with Gasteiger partial charge in [0.2, 0.25) is 0 Å². The molecule has 1 fully saturated rings. The van der Waals surface area contributed by atoms with Gasteiger partial charge in [0, 0.05) is 18.0 Å². The van der Waals surface area contributed by atoms with E-state index in [0.29, 0.717) is 11.7 Å². The molecule has 5 nitrogen and oxygen atoms in total. The molecule has 17 heavy (non-hydrogen) atoms. The van der Waals surface area contributed by atoms with E-state index in [-0.39, 0.29) is 5.75 Å². The lowest BCUT2D eigenvalue weighted by Crippen LogP contribution is -2.08. The second kappa shape index (κ2) is 4.18. The number of aromatic hydroxyl groups is 1. The number of benzene rings is 1. The van der Waals surface area contributed by atoms with Gasteiger partial charge in [-0.2, -0.15) is 5.10 Å². The van der Waals surface area contributed by atoms with Crippen molar-refractivity contribution < 1.29 is 5.11 Å². The van der Waals surface area contributed by atoms with Crippen LogP contribution in [0, 0.1) is 0 Å². The first kappa shape index (κ1) is 10.3. The zero-order valence-corrected chi connectivity index (χ0v) is 9.35. The van der Waals surface area contributed by atoms with Gasteiger partial charge in [0.15, 0.2) is 5.82 Å². The van der Waals surface area contributed by atoms with E-state index in [2.05, 4.69) is 20.5 Å². The third-order valence-corrected chi connectivity index (χ3v) is 3.05. The minimum Gasteiger partial charge on any atom is -0.508 e. The zero-order chi connectivity index (χ0) is 11.7. The van der Waals surface area contributed by atoms with Gasteiger partial charge in [-0.1, -0.05) is 12.1 Å². The molecule has 3 N–H and O–H groups in total. The average Bonchev–Trinajstić information content (AvgIpc) is 3.00. The molecule has 0 aliphatic carbocycles. The first-order chi connectivity index (χ1) is 8.33. The highest BCUT2D eigenvalue weighted by atomic mass is 16.3. The van der Waals surface area contributed by atoms with Crippen molar-refractivity contribution in [2.75, 3.05) is 13.1 Å². The Balaban J connectivity index is 1.89. The summed E-state index contributed by atoms with van der Waals surface area (Å²) in [4.78, 5) is 4.49. The van der Waals surface area contributed by atoms with Crippen LogP contribution in [0.4, 0.5) is 0 Å². The van der Waals surface area contributed by atoms with E-state index in [1.165, 1.54) is 0 Å². The summed E-state index contributed by atoms with van der Waals surface area (Å²) < 4.78 is 0. The van der Waals surface area contributed by atoms with Crippen molar-refractivity contribution in [2.24, 2.45) is 0 Å². The standard InChI is InChI=1S/C12H14N4O/c17-10-3-1-2-8(6-10)11-14-12(16-15-11)9-4-5-13-7-9/h1-3,6,9,13,17H,4-5,7H2,(H,14,15,16).